The van der Waals surface area contributed by atoms with Gasteiger partial charge in [-0.25, -0.2) is 4.98 Å². The average Bonchev–Trinajstić information content (AvgIpc) is 2.63. The number of hydrogen-bond donors (Lipinski definition) is 3. The molecule has 1 aliphatic rings. The molecule has 1 heterocycles. The summed E-state index contributed by atoms with van der Waals surface area (Å²) in [5.74, 6) is 0.511. The van der Waals surface area contributed by atoms with Crippen LogP contribution in [0.2, 0.25) is 0 Å². The van der Waals surface area contributed by atoms with Gasteiger partial charge in [-0.3, -0.25) is 4.99 Å². The molecule has 1 aromatic rings. The van der Waals surface area contributed by atoms with Crippen LogP contribution in [0, 0.1) is 5.41 Å². The Morgan fingerprint density at radius 1 is 1.29 bits per heavy atom. The molecule has 0 spiro atoms. The second kappa shape index (κ2) is 10.5. The molecule has 0 unspecified atom stereocenters. The van der Waals surface area contributed by atoms with Crippen LogP contribution in [0.25, 0.3) is 0 Å². The molecule has 0 atom stereocenters. The first-order chi connectivity index (χ1) is 13.4. The molecule has 2 rings (SSSR count). The Hall–Kier alpha value is -2.03. The maximum absolute atomic E-state index is 13.0. The van der Waals surface area contributed by atoms with E-state index in [0.29, 0.717) is 25.6 Å². The molecule has 0 bridgehead atoms. The number of methoxy groups -OCH3 is 1. The van der Waals surface area contributed by atoms with Crippen molar-refractivity contribution in [1.82, 2.24) is 15.6 Å². The van der Waals surface area contributed by atoms with Gasteiger partial charge in [-0.1, -0.05) is 6.42 Å². The smallest absolute Gasteiger partial charge is 0.385 e. The molecule has 1 aromatic heterocycles. The zero-order chi connectivity index (χ0) is 20.5. The van der Waals surface area contributed by atoms with E-state index in [0.717, 1.165) is 38.5 Å². The van der Waals surface area contributed by atoms with Crippen LogP contribution in [0.1, 0.15) is 38.2 Å². The molecule has 1 fully saturated rings. The standard InChI is InChI=1S/C19H30F3N5O/c1-3-23-17(27-14-18(7-5-8-18)9-13-28-2)26-12-11-25-16-15(19(20,21)22)6-4-10-24-16/h4,6,10H,3,5,7-9,11-14H2,1-2H3,(H,24,25)(H2,23,26,27). The van der Waals surface area contributed by atoms with Crippen molar-refractivity contribution in [3.05, 3.63) is 23.9 Å². The Morgan fingerprint density at radius 2 is 2.07 bits per heavy atom. The molecule has 0 aliphatic heterocycles. The molecule has 0 radical (unpaired) electrons. The van der Waals surface area contributed by atoms with E-state index in [-0.39, 0.29) is 11.2 Å². The highest BCUT2D eigenvalue weighted by atomic mass is 19.4. The summed E-state index contributed by atoms with van der Waals surface area (Å²) in [6.07, 6.45) is 1.43. The molecule has 1 aliphatic carbocycles. The first-order valence-electron chi connectivity index (χ1n) is 9.67. The summed E-state index contributed by atoms with van der Waals surface area (Å²) in [4.78, 5) is 8.47. The number of alkyl halides is 3. The maximum atomic E-state index is 13.0. The first kappa shape index (κ1) is 22.3. The van der Waals surface area contributed by atoms with Gasteiger partial charge < -0.3 is 20.7 Å². The number of aliphatic imine (C=N–C) groups is 1. The Kier molecular flexibility index (Phi) is 8.35. The number of nitrogens with one attached hydrogen (secondary N) is 3. The number of hydrogen-bond acceptors (Lipinski definition) is 4. The fraction of sp³-hybridized carbons (Fsp3) is 0.684. The van der Waals surface area contributed by atoms with Crippen molar-refractivity contribution in [3.8, 4) is 0 Å². The number of rotatable bonds is 10. The third-order valence-electron chi connectivity index (χ3n) is 4.99. The quantitative estimate of drug-likeness (QED) is 0.319. The zero-order valence-corrected chi connectivity index (χ0v) is 16.5. The highest BCUT2D eigenvalue weighted by Crippen LogP contribution is 2.44. The fourth-order valence-corrected chi connectivity index (χ4v) is 3.21. The van der Waals surface area contributed by atoms with Gasteiger partial charge in [0, 0.05) is 46.1 Å². The largest absolute Gasteiger partial charge is 0.419 e. The van der Waals surface area contributed by atoms with E-state index in [9.17, 15) is 13.2 Å². The van der Waals surface area contributed by atoms with Gasteiger partial charge in [-0.15, -0.1) is 0 Å². The summed E-state index contributed by atoms with van der Waals surface area (Å²) in [6.45, 7) is 4.85. The molecule has 1 saturated carbocycles. The SMILES string of the molecule is CCNC(=NCC1(CCOC)CCC1)NCCNc1ncccc1C(F)(F)F. The van der Waals surface area contributed by atoms with Crippen LogP contribution in [-0.4, -0.2) is 50.8 Å². The van der Waals surface area contributed by atoms with Crippen LogP contribution in [0.3, 0.4) is 0 Å². The number of pyridine rings is 1. The molecular weight excluding hydrogens is 371 g/mol. The summed E-state index contributed by atoms with van der Waals surface area (Å²) in [6, 6.07) is 2.30. The van der Waals surface area contributed by atoms with Crippen molar-refractivity contribution in [2.75, 3.05) is 45.2 Å². The van der Waals surface area contributed by atoms with Crippen LogP contribution in [0.5, 0.6) is 0 Å². The van der Waals surface area contributed by atoms with Crippen molar-refractivity contribution < 1.29 is 17.9 Å². The van der Waals surface area contributed by atoms with Gasteiger partial charge in [0.05, 0.1) is 5.56 Å². The molecule has 28 heavy (non-hydrogen) atoms. The predicted octanol–water partition coefficient (Wildman–Crippen LogP) is 3.27. The third kappa shape index (κ3) is 6.54. The molecule has 6 nitrogen and oxygen atoms in total. The highest BCUT2D eigenvalue weighted by molar-refractivity contribution is 5.79. The first-order valence-corrected chi connectivity index (χ1v) is 9.67. The van der Waals surface area contributed by atoms with Crippen LogP contribution in [0.4, 0.5) is 19.0 Å². The summed E-state index contributed by atoms with van der Waals surface area (Å²) < 4.78 is 44.2. The second-order valence-electron chi connectivity index (χ2n) is 7.04. The molecule has 9 heteroatoms. The minimum absolute atomic E-state index is 0.160. The Morgan fingerprint density at radius 3 is 2.68 bits per heavy atom. The number of guanidine groups is 1. The highest BCUT2D eigenvalue weighted by Gasteiger charge is 2.36. The van der Waals surface area contributed by atoms with Crippen LogP contribution in [0.15, 0.2) is 23.3 Å². The van der Waals surface area contributed by atoms with Crippen LogP contribution < -0.4 is 16.0 Å². The van der Waals surface area contributed by atoms with E-state index in [2.05, 4.69) is 25.9 Å². The molecule has 0 saturated heterocycles. The van der Waals surface area contributed by atoms with Gasteiger partial charge in [0.1, 0.15) is 5.82 Å². The predicted molar refractivity (Wildman–Crippen MR) is 104 cm³/mol. The van der Waals surface area contributed by atoms with Gasteiger partial charge in [0.15, 0.2) is 5.96 Å². The average molecular weight is 401 g/mol. The molecule has 0 amide bonds. The number of anilines is 1. The zero-order valence-electron chi connectivity index (χ0n) is 16.5. The van der Waals surface area contributed by atoms with Crippen molar-refractivity contribution in [2.24, 2.45) is 10.4 Å². The van der Waals surface area contributed by atoms with Crippen molar-refractivity contribution in [2.45, 2.75) is 38.8 Å². The number of halogens is 3. The number of nitrogens with zero attached hydrogens (tertiary/aromatic N) is 2. The lowest BCUT2D eigenvalue weighted by Gasteiger charge is -2.40. The summed E-state index contributed by atoms with van der Waals surface area (Å²) >= 11 is 0. The number of ether oxygens (including phenoxy) is 1. The van der Waals surface area contributed by atoms with Gasteiger partial charge in [-0.05, 0) is 43.7 Å². The van der Waals surface area contributed by atoms with E-state index >= 15 is 0 Å². The normalized spacial score (nSPS) is 16.4. The summed E-state index contributed by atoms with van der Waals surface area (Å²) in [5.41, 5.74) is -0.549. The Balaban J connectivity index is 1.85. The molecule has 158 valence electrons. The van der Waals surface area contributed by atoms with Gasteiger partial charge in [-0.2, -0.15) is 13.2 Å². The Labute approximate surface area is 164 Å². The molecule has 3 N–H and O–H groups in total. The number of aromatic nitrogens is 1. The minimum Gasteiger partial charge on any atom is -0.385 e. The lowest BCUT2D eigenvalue weighted by atomic mass is 9.67. The van der Waals surface area contributed by atoms with E-state index < -0.39 is 11.7 Å². The van der Waals surface area contributed by atoms with E-state index in [1.54, 1.807) is 7.11 Å². The van der Waals surface area contributed by atoms with Crippen molar-refractivity contribution in [3.63, 3.8) is 0 Å². The maximum Gasteiger partial charge on any atom is 0.419 e. The summed E-state index contributed by atoms with van der Waals surface area (Å²) in [5, 5.41) is 9.09. The summed E-state index contributed by atoms with van der Waals surface area (Å²) in [7, 11) is 1.71. The molecule has 0 aromatic carbocycles. The van der Waals surface area contributed by atoms with Crippen LogP contribution >= 0.6 is 0 Å². The third-order valence-corrected chi connectivity index (χ3v) is 4.99. The fourth-order valence-electron chi connectivity index (χ4n) is 3.21. The lowest BCUT2D eigenvalue weighted by Crippen LogP contribution is -2.41. The van der Waals surface area contributed by atoms with Gasteiger partial charge >= 0.3 is 6.18 Å². The van der Waals surface area contributed by atoms with Gasteiger partial charge in [0.2, 0.25) is 0 Å². The monoisotopic (exact) mass is 401 g/mol. The van der Waals surface area contributed by atoms with E-state index in [1.807, 2.05) is 6.92 Å². The molecular formula is C19H30F3N5O. The lowest BCUT2D eigenvalue weighted by molar-refractivity contribution is -0.137. The second-order valence-corrected chi connectivity index (χ2v) is 7.04. The topological polar surface area (TPSA) is 70.6 Å². The van der Waals surface area contributed by atoms with E-state index in [1.165, 1.54) is 18.7 Å². The van der Waals surface area contributed by atoms with Gasteiger partial charge in [0.25, 0.3) is 0 Å². The van der Waals surface area contributed by atoms with Crippen LogP contribution in [-0.2, 0) is 10.9 Å². The Bertz CT molecular complexity index is 632. The van der Waals surface area contributed by atoms with E-state index in [4.69, 9.17) is 4.74 Å². The van der Waals surface area contributed by atoms with Crippen molar-refractivity contribution >= 4 is 11.8 Å². The minimum atomic E-state index is -4.43. The van der Waals surface area contributed by atoms with Crippen molar-refractivity contribution in [1.29, 1.82) is 0 Å².